The number of para-hydroxylation sites is 1. The number of ether oxygens (including phenoxy) is 2. The molecule has 16 nitrogen and oxygen atoms in total. The minimum atomic E-state index is -3.10. The maximum absolute atomic E-state index is 14.5. The van der Waals surface area contributed by atoms with Gasteiger partial charge in [-0.2, -0.15) is 0 Å². The average Bonchev–Trinajstić information content (AvgIpc) is 3.84. The molecule has 16 heteroatoms. The van der Waals surface area contributed by atoms with Crippen LogP contribution in [0.4, 0.5) is 11.4 Å². The van der Waals surface area contributed by atoms with E-state index in [1.54, 1.807) is 18.3 Å². The third-order valence-corrected chi connectivity index (χ3v) is 12.4. The first-order valence-corrected chi connectivity index (χ1v) is 19.4. The van der Waals surface area contributed by atoms with Crippen LogP contribution < -0.4 is 15.0 Å². The van der Waals surface area contributed by atoms with E-state index in [2.05, 4.69) is 21.4 Å². The predicted octanol–water partition coefficient (Wildman–Crippen LogP) is 2.16. The molecule has 0 bridgehead atoms. The summed E-state index contributed by atoms with van der Waals surface area (Å²) < 4.78 is 10.9. The number of anilines is 2. The van der Waals surface area contributed by atoms with Crippen molar-refractivity contribution in [2.24, 2.45) is 15.9 Å². The molecular formula is C42H46N4O12. The van der Waals surface area contributed by atoms with Gasteiger partial charge in [0.05, 0.1) is 18.0 Å². The van der Waals surface area contributed by atoms with Gasteiger partial charge in [0.1, 0.15) is 36.8 Å². The van der Waals surface area contributed by atoms with Gasteiger partial charge in [-0.05, 0) is 72.2 Å². The number of carbonyl (C=O) groups is 2. The number of hydrogen-bond donors (Lipinski definition) is 9. The van der Waals surface area contributed by atoms with Crippen LogP contribution in [0.1, 0.15) is 60.3 Å². The second-order valence-electron chi connectivity index (χ2n) is 15.7. The van der Waals surface area contributed by atoms with Gasteiger partial charge in [-0.15, -0.1) is 0 Å². The lowest BCUT2D eigenvalue weighted by Gasteiger charge is -2.50. The normalized spacial score (nSPS) is 31.3. The van der Waals surface area contributed by atoms with Gasteiger partial charge in [0.2, 0.25) is 0 Å². The van der Waals surface area contributed by atoms with Crippen LogP contribution in [0.5, 0.6) is 17.2 Å². The molecule has 1 amide bonds. The molecular weight excluding hydrogens is 752 g/mol. The highest BCUT2D eigenvalue weighted by molar-refractivity contribution is 6.32. The van der Waals surface area contributed by atoms with Crippen molar-refractivity contribution >= 4 is 41.3 Å². The molecule has 0 radical (unpaired) electrons. The molecule has 4 heterocycles. The topological polar surface area (TPSA) is 254 Å². The van der Waals surface area contributed by atoms with E-state index >= 15 is 0 Å². The number of carboxylic acids is 1. The summed E-state index contributed by atoms with van der Waals surface area (Å²) in [5.74, 6) is -6.94. The number of aliphatic hydroxyl groups is 5. The van der Waals surface area contributed by atoms with Crippen molar-refractivity contribution < 1.29 is 59.9 Å². The molecule has 3 aromatic carbocycles. The SMILES string of the molecule is O=C(O)C1C(CC23CCCCC2CNc2ccccc23)c2cc(O)c(OC3(O)OC(CO)C(O)C(O)C3O)cc2N1C(=O)C=Cc1ccc(O)c(CC2=NCN=C2)c1. The Balaban J connectivity index is 1.21. The summed E-state index contributed by atoms with van der Waals surface area (Å²) in [5.41, 5.74) is 3.69. The van der Waals surface area contributed by atoms with Crippen molar-refractivity contribution in [1.82, 2.24) is 0 Å². The van der Waals surface area contributed by atoms with E-state index in [9.17, 15) is 50.4 Å². The molecule has 5 aliphatic rings. The van der Waals surface area contributed by atoms with Crippen molar-refractivity contribution in [2.45, 2.75) is 86.3 Å². The molecule has 58 heavy (non-hydrogen) atoms. The highest BCUT2D eigenvalue weighted by atomic mass is 16.8. The zero-order valence-corrected chi connectivity index (χ0v) is 31.4. The fourth-order valence-electron chi connectivity index (χ4n) is 9.54. The maximum Gasteiger partial charge on any atom is 0.355 e. The lowest BCUT2D eigenvalue weighted by atomic mass is 9.56. The molecule has 1 saturated carbocycles. The number of aliphatic carboxylic acids is 1. The van der Waals surface area contributed by atoms with E-state index in [1.807, 2.05) is 18.2 Å². The van der Waals surface area contributed by atoms with Crippen molar-refractivity contribution in [2.75, 3.05) is 30.0 Å². The van der Waals surface area contributed by atoms with Crippen LogP contribution in [-0.4, -0.2) is 121 Å². The second-order valence-corrected chi connectivity index (χ2v) is 15.7. The van der Waals surface area contributed by atoms with Gasteiger partial charge in [0, 0.05) is 53.9 Å². The van der Waals surface area contributed by atoms with Crippen LogP contribution in [0.25, 0.3) is 6.08 Å². The summed E-state index contributed by atoms with van der Waals surface area (Å²) >= 11 is 0. The Morgan fingerprint density at radius 3 is 2.60 bits per heavy atom. The van der Waals surface area contributed by atoms with E-state index in [0.29, 0.717) is 48.5 Å². The van der Waals surface area contributed by atoms with Gasteiger partial charge in [-0.1, -0.05) is 37.1 Å². The third kappa shape index (κ3) is 6.88. The number of carboxylic acid groups (broad SMARTS) is 1. The number of aliphatic hydroxyl groups excluding tert-OH is 4. The molecule has 1 saturated heterocycles. The Bertz CT molecular complexity index is 2190. The fourth-order valence-corrected chi connectivity index (χ4v) is 9.54. The number of fused-ring (bicyclic) bond motifs is 4. The molecule has 306 valence electrons. The van der Waals surface area contributed by atoms with E-state index in [-0.39, 0.29) is 17.4 Å². The number of phenols is 2. The molecule has 9 atom stereocenters. The Morgan fingerprint density at radius 2 is 1.84 bits per heavy atom. The first kappa shape index (κ1) is 39.5. The largest absolute Gasteiger partial charge is 0.508 e. The minimum absolute atomic E-state index is 0.0296. The molecule has 2 fully saturated rings. The van der Waals surface area contributed by atoms with Crippen LogP contribution in [0.3, 0.4) is 0 Å². The first-order chi connectivity index (χ1) is 27.8. The number of nitrogens with one attached hydrogen (secondary N) is 1. The van der Waals surface area contributed by atoms with Crippen molar-refractivity contribution in [3.8, 4) is 17.2 Å². The van der Waals surface area contributed by atoms with Gasteiger partial charge < -0.3 is 55.6 Å². The van der Waals surface area contributed by atoms with Gasteiger partial charge in [0.15, 0.2) is 17.6 Å². The number of nitrogens with zero attached hydrogens (tertiary/aromatic N) is 3. The van der Waals surface area contributed by atoms with Crippen LogP contribution in [-0.2, 0) is 26.2 Å². The number of carbonyl (C=O) groups excluding carboxylic acids is 1. The van der Waals surface area contributed by atoms with E-state index in [0.717, 1.165) is 41.8 Å². The molecule has 0 aromatic heterocycles. The maximum atomic E-state index is 14.5. The van der Waals surface area contributed by atoms with Gasteiger partial charge in [-0.25, -0.2) is 4.79 Å². The van der Waals surface area contributed by atoms with Gasteiger partial charge in [0.25, 0.3) is 5.91 Å². The molecule has 9 unspecified atom stereocenters. The zero-order valence-electron chi connectivity index (χ0n) is 31.4. The summed E-state index contributed by atoms with van der Waals surface area (Å²) in [4.78, 5) is 37.5. The Labute approximate surface area is 333 Å². The van der Waals surface area contributed by atoms with E-state index < -0.39 is 77.7 Å². The van der Waals surface area contributed by atoms with Gasteiger partial charge in [-0.3, -0.25) is 19.7 Å². The summed E-state index contributed by atoms with van der Waals surface area (Å²) in [6.07, 6.45) is 0.850. The van der Waals surface area contributed by atoms with E-state index in [1.165, 1.54) is 30.4 Å². The number of hydrogen-bond acceptors (Lipinski definition) is 14. The lowest BCUT2D eigenvalue weighted by molar-refractivity contribution is -0.422. The Hall–Kier alpha value is -5.36. The highest BCUT2D eigenvalue weighted by Gasteiger charge is 2.57. The summed E-state index contributed by atoms with van der Waals surface area (Å²) in [5, 5.41) is 89.0. The number of phenolic OH excluding ortho intramolecular Hbond substituents is 2. The molecule has 3 aromatic rings. The van der Waals surface area contributed by atoms with Crippen LogP contribution in [0.15, 0.2) is 70.7 Å². The van der Waals surface area contributed by atoms with E-state index in [4.69, 9.17) is 9.47 Å². The van der Waals surface area contributed by atoms with Crippen LogP contribution >= 0.6 is 0 Å². The number of amides is 1. The molecule has 4 aliphatic heterocycles. The minimum Gasteiger partial charge on any atom is -0.508 e. The zero-order chi connectivity index (χ0) is 40.9. The fraction of sp³-hybridized carbons (Fsp3) is 0.429. The number of aliphatic imine (C=N–C) groups is 2. The number of rotatable bonds is 10. The third-order valence-electron chi connectivity index (χ3n) is 12.4. The van der Waals surface area contributed by atoms with Gasteiger partial charge >= 0.3 is 11.9 Å². The van der Waals surface area contributed by atoms with Crippen LogP contribution in [0, 0.1) is 5.92 Å². The van der Waals surface area contributed by atoms with Crippen LogP contribution in [0.2, 0.25) is 0 Å². The predicted molar refractivity (Wildman–Crippen MR) is 210 cm³/mol. The van der Waals surface area contributed by atoms with Crippen molar-refractivity contribution in [3.05, 3.63) is 82.9 Å². The monoisotopic (exact) mass is 798 g/mol. The lowest BCUT2D eigenvalue weighted by Crippen LogP contribution is -2.67. The summed E-state index contributed by atoms with van der Waals surface area (Å²) in [6.45, 7) is 0.114. The molecule has 1 aliphatic carbocycles. The number of aromatic hydroxyl groups is 2. The molecule has 9 N–H and O–H groups in total. The number of benzene rings is 3. The first-order valence-electron chi connectivity index (χ1n) is 19.4. The summed E-state index contributed by atoms with van der Waals surface area (Å²) in [6, 6.07) is 13.7. The Morgan fingerprint density at radius 1 is 1.03 bits per heavy atom. The van der Waals surface area contributed by atoms with Crippen molar-refractivity contribution in [1.29, 1.82) is 0 Å². The highest BCUT2D eigenvalue weighted by Crippen LogP contribution is 2.58. The standard InChI is InChI=1S/C42H46N4O12/c47-20-34-37(51)38(52)39(53)42(56,58-34)57-33-16-30-26(15-32(33)49)27(17-41-12-4-3-5-24(41)18-44-29-7-2-1-6-28(29)41)36(40(54)55)46(30)35(50)11-9-22-8-10-31(48)23(13-22)14-25-19-43-21-45-25/h1-2,6-11,13,15-16,19,24,27,34,36-39,44,47-49,51-53,56H,3-5,12,14,17-18,20-21H2,(H,54,55). The second kappa shape index (κ2) is 15.4. The molecule has 0 spiro atoms. The van der Waals surface area contributed by atoms with Crippen molar-refractivity contribution in [3.63, 3.8) is 0 Å². The average molecular weight is 799 g/mol. The molecule has 8 rings (SSSR count). The summed E-state index contributed by atoms with van der Waals surface area (Å²) in [7, 11) is 0. The Kier molecular flexibility index (Phi) is 10.5. The quantitative estimate of drug-likeness (QED) is 0.105. The smallest absolute Gasteiger partial charge is 0.355 e.